The molecule has 0 saturated carbocycles. The van der Waals surface area contributed by atoms with Crippen molar-refractivity contribution in [1.82, 2.24) is 10.2 Å². The fraction of sp³-hybridized carbons (Fsp3) is 0.316. The molecule has 2 N–H and O–H groups in total. The first-order chi connectivity index (χ1) is 11.5. The van der Waals surface area contributed by atoms with Crippen molar-refractivity contribution in [2.75, 3.05) is 20.1 Å². The lowest BCUT2D eigenvalue weighted by atomic mass is 10.1. The summed E-state index contributed by atoms with van der Waals surface area (Å²) in [4.78, 5) is 13.9. The molecule has 1 atom stereocenters. The second-order valence-corrected chi connectivity index (χ2v) is 5.84. The normalized spacial score (nSPS) is 12.2. The Kier molecular flexibility index (Phi) is 6.90. The molecule has 2 aromatic rings. The van der Waals surface area contributed by atoms with Crippen LogP contribution in [0.5, 0.6) is 0 Å². The Balaban J connectivity index is 1.67. The molecule has 0 bridgehead atoms. The molecule has 4 nitrogen and oxygen atoms in total. The molecule has 128 valence electrons. The Bertz CT molecular complexity index is 632. The molecule has 0 saturated heterocycles. The van der Waals surface area contributed by atoms with Gasteiger partial charge >= 0.3 is 0 Å². The number of halogens is 1. The van der Waals surface area contributed by atoms with Crippen LogP contribution in [0.15, 0.2) is 54.6 Å². The molecule has 0 aliphatic carbocycles. The number of nitrogens with one attached hydrogen (secondary N) is 1. The van der Waals surface area contributed by atoms with Gasteiger partial charge in [-0.1, -0.05) is 42.5 Å². The van der Waals surface area contributed by atoms with Crippen molar-refractivity contribution in [1.29, 1.82) is 0 Å². The minimum atomic E-state index is -0.789. The Hall–Kier alpha value is -2.24. The number of likely N-dealkylation sites (N-methyl/N-ethyl adjacent to an activating group) is 1. The number of hydrogen-bond donors (Lipinski definition) is 2. The molecule has 5 heteroatoms. The van der Waals surface area contributed by atoms with Gasteiger partial charge in [-0.15, -0.1) is 0 Å². The molecule has 24 heavy (non-hydrogen) atoms. The lowest BCUT2D eigenvalue weighted by molar-refractivity contribution is -0.123. The quantitative estimate of drug-likeness (QED) is 0.782. The molecule has 2 aromatic carbocycles. The zero-order chi connectivity index (χ0) is 17.4. The first-order valence-corrected chi connectivity index (χ1v) is 7.97. The maximum Gasteiger partial charge on any atom is 0.223 e. The second kappa shape index (κ2) is 9.15. The van der Waals surface area contributed by atoms with Crippen LogP contribution < -0.4 is 5.32 Å². The van der Waals surface area contributed by atoms with Crippen molar-refractivity contribution >= 4 is 5.91 Å². The zero-order valence-electron chi connectivity index (χ0n) is 13.8. The predicted octanol–water partition coefficient (Wildman–Crippen LogP) is 2.50. The molecular formula is C19H23FN2O2. The summed E-state index contributed by atoms with van der Waals surface area (Å²) in [6, 6.07) is 15.5. The predicted molar refractivity (Wildman–Crippen MR) is 91.8 cm³/mol. The standard InChI is InChI=1S/C19H23FN2O2/c1-22(14-15-7-9-17(20)10-8-15)12-11-21-19(24)13-18(23)16-5-3-2-4-6-16/h2-10,18,23H,11-14H2,1H3,(H,21,24). The highest BCUT2D eigenvalue weighted by Crippen LogP contribution is 2.15. The number of aliphatic hydroxyl groups is 1. The van der Waals surface area contributed by atoms with E-state index in [0.717, 1.165) is 11.1 Å². The summed E-state index contributed by atoms with van der Waals surface area (Å²) in [5.41, 5.74) is 1.76. The SMILES string of the molecule is CN(CCNC(=O)CC(O)c1ccccc1)Cc1ccc(F)cc1. The minimum Gasteiger partial charge on any atom is -0.388 e. The topological polar surface area (TPSA) is 52.6 Å². The molecule has 0 aromatic heterocycles. The third-order valence-corrected chi connectivity index (χ3v) is 3.74. The number of nitrogens with zero attached hydrogens (tertiary/aromatic N) is 1. The van der Waals surface area contributed by atoms with Gasteiger partial charge in [0.25, 0.3) is 0 Å². The highest BCUT2D eigenvalue weighted by atomic mass is 19.1. The lowest BCUT2D eigenvalue weighted by Gasteiger charge is -2.17. The van der Waals surface area contributed by atoms with Gasteiger partial charge in [0.15, 0.2) is 0 Å². The number of carbonyl (C=O) groups excluding carboxylic acids is 1. The van der Waals surface area contributed by atoms with Crippen LogP contribution in [0.3, 0.4) is 0 Å². The summed E-state index contributed by atoms with van der Waals surface area (Å²) in [6.45, 7) is 1.85. The van der Waals surface area contributed by atoms with Crippen LogP contribution in [0.4, 0.5) is 4.39 Å². The molecule has 0 fully saturated rings. The minimum absolute atomic E-state index is 0.0473. The Morgan fingerprint density at radius 3 is 2.50 bits per heavy atom. The smallest absolute Gasteiger partial charge is 0.223 e. The number of hydrogen-bond acceptors (Lipinski definition) is 3. The van der Waals surface area contributed by atoms with Gasteiger partial charge in [0, 0.05) is 19.6 Å². The third-order valence-electron chi connectivity index (χ3n) is 3.74. The van der Waals surface area contributed by atoms with Crippen LogP contribution in [-0.2, 0) is 11.3 Å². The van der Waals surface area contributed by atoms with Crippen molar-refractivity contribution in [3.63, 3.8) is 0 Å². The maximum atomic E-state index is 12.9. The van der Waals surface area contributed by atoms with E-state index < -0.39 is 6.10 Å². The number of amides is 1. The molecular weight excluding hydrogens is 307 g/mol. The van der Waals surface area contributed by atoms with Gasteiger partial charge in [0.05, 0.1) is 12.5 Å². The van der Waals surface area contributed by atoms with Crippen molar-refractivity contribution in [3.8, 4) is 0 Å². The van der Waals surface area contributed by atoms with Gasteiger partial charge < -0.3 is 15.3 Å². The fourth-order valence-corrected chi connectivity index (χ4v) is 2.41. The molecule has 0 heterocycles. The molecule has 1 amide bonds. The second-order valence-electron chi connectivity index (χ2n) is 5.84. The monoisotopic (exact) mass is 330 g/mol. The van der Waals surface area contributed by atoms with E-state index in [1.165, 1.54) is 12.1 Å². The van der Waals surface area contributed by atoms with Gasteiger partial charge in [-0.25, -0.2) is 4.39 Å². The van der Waals surface area contributed by atoms with Crippen LogP contribution in [0.25, 0.3) is 0 Å². The number of rotatable bonds is 8. The van der Waals surface area contributed by atoms with E-state index in [0.29, 0.717) is 19.6 Å². The molecule has 1 unspecified atom stereocenters. The Morgan fingerprint density at radius 2 is 1.83 bits per heavy atom. The molecule has 2 rings (SSSR count). The Morgan fingerprint density at radius 1 is 1.17 bits per heavy atom. The van der Waals surface area contributed by atoms with E-state index in [1.807, 2.05) is 30.1 Å². The first-order valence-electron chi connectivity index (χ1n) is 7.97. The maximum absolute atomic E-state index is 12.9. The summed E-state index contributed by atoms with van der Waals surface area (Å²) in [6.07, 6.45) is -0.741. The molecule has 0 aliphatic rings. The average Bonchev–Trinajstić information content (AvgIpc) is 2.57. The van der Waals surface area contributed by atoms with E-state index in [2.05, 4.69) is 5.32 Å². The number of benzene rings is 2. The van der Waals surface area contributed by atoms with E-state index >= 15 is 0 Å². The van der Waals surface area contributed by atoms with Crippen LogP contribution in [0, 0.1) is 5.82 Å². The van der Waals surface area contributed by atoms with Crippen LogP contribution in [0.1, 0.15) is 23.7 Å². The summed E-state index contributed by atoms with van der Waals surface area (Å²) < 4.78 is 12.9. The van der Waals surface area contributed by atoms with Gasteiger partial charge in [-0.05, 0) is 30.3 Å². The lowest BCUT2D eigenvalue weighted by Crippen LogP contribution is -2.33. The van der Waals surface area contributed by atoms with Crippen molar-refractivity contribution in [2.24, 2.45) is 0 Å². The van der Waals surface area contributed by atoms with Gasteiger partial charge in [0.1, 0.15) is 5.82 Å². The summed E-state index contributed by atoms with van der Waals surface area (Å²) >= 11 is 0. The summed E-state index contributed by atoms with van der Waals surface area (Å²) in [5.74, 6) is -0.424. The first kappa shape index (κ1) is 18.1. The number of carbonyl (C=O) groups is 1. The highest BCUT2D eigenvalue weighted by Gasteiger charge is 2.12. The van der Waals surface area contributed by atoms with E-state index in [4.69, 9.17) is 0 Å². The number of aliphatic hydroxyl groups excluding tert-OH is 1. The van der Waals surface area contributed by atoms with Gasteiger partial charge in [-0.2, -0.15) is 0 Å². The Labute approximate surface area is 141 Å². The van der Waals surface area contributed by atoms with Crippen LogP contribution >= 0.6 is 0 Å². The summed E-state index contributed by atoms with van der Waals surface area (Å²) in [7, 11) is 1.94. The van der Waals surface area contributed by atoms with Crippen molar-refractivity contribution in [3.05, 3.63) is 71.5 Å². The zero-order valence-corrected chi connectivity index (χ0v) is 13.8. The third kappa shape index (κ3) is 6.10. The molecule has 0 spiro atoms. The van der Waals surface area contributed by atoms with Crippen LogP contribution in [0.2, 0.25) is 0 Å². The van der Waals surface area contributed by atoms with Crippen molar-refractivity contribution in [2.45, 2.75) is 19.1 Å². The van der Waals surface area contributed by atoms with E-state index in [9.17, 15) is 14.3 Å². The summed E-state index contributed by atoms with van der Waals surface area (Å²) in [5, 5.41) is 12.8. The van der Waals surface area contributed by atoms with E-state index in [1.54, 1.807) is 24.3 Å². The average molecular weight is 330 g/mol. The molecule has 0 radical (unpaired) electrons. The molecule has 0 aliphatic heterocycles. The van der Waals surface area contributed by atoms with Gasteiger partial charge in [0.2, 0.25) is 5.91 Å². The van der Waals surface area contributed by atoms with Gasteiger partial charge in [-0.3, -0.25) is 4.79 Å². The van der Waals surface area contributed by atoms with Crippen molar-refractivity contribution < 1.29 is 14.3 Å². The fourth-order valence-electron chi connectivity index (χ4n) is 2.41. The highest BCUT2D eigenvalue weighted by molar-refractivity contribution is 5.76. The van der Waals surface area contributed by atoms with Crippen LogP contribution in [-0.4, -0.2) is 36.1 Å². The largest absolute Gasteiger partial charge is 0.388 e. The van der Waals surface area contributed by atoms with E-state index in [-0.39, 0.29) is 18.1 Å².